The number of benzene rings is 1. The van der Waals surface area contributed by atoms with Crippen LogP contribution in [0.4, 0.5) is 11.4 Å². The molecule has 0 aliphatic rings. The molecule has 1 rings (SSSR count). The van der Waals surface area contributed by atoms with Gasteiger partial charge >= 0.3 is 11.9 Å². The summed E-state index contributed by atoms with van der Waals surface area (Å²) in [5.41, 5.74) is 6.77. The third kappa shape index (κ3) is 4.80. The predicted molar refractivity (Wildman–Crippen MR) is 111 cm³/mol. The second-order valence-electron chi connectivity index (χ2n) is 4.58. The number of aliphatic carboxylic acids is 1. The monoisotopic (exact) mass is 658 g/mol. The number of aromatic carboxylic acids is 1. The maximum Gasteiger partial charge on any atom is 0.338 e. The average Bonchev–Trinajstić information content (AvgIpc) is 2.44. The highest BCUT2D eigenvalue weighted by Gasteiger charge is 2.26. The molecule has 23 heavy (non-hydrogen) atoms. The summed E-state index contributed by atoms with van der Waals surface area (Å²) in [5.74, 6) is -2.37. The number of nitrogens with two attached hydrogens (primary N) is 1. The van der Waals surface area contributed by atoms with Crippen molar-refractivity contribution in [3.05, 3.63) is 16.3 Å². The SMILES string of the molecule is CN(C(=O)CCCC(=O)O)c1c(I)c(N)c(I)c(C(=O)O)c1I. The number of hydrogen-bond acceptors (Lipinski definition) is 4. The maximum atomic E-state index is 12.2. The molecule has 0 atom stereocenters. The van der Waals surface area contributed by atoms with Crippen LogP contribution in [0.25, 0.3) is 0 Å². The number of carboxylic acid groups (broad SMARTS) is 2. The van der Waals surface area contributed by atoms with Gasteiger partial charge in [-0.2, -0.15) is 0 Å². The number of nitrogen functional groups attached to an aromatic ring is 1. The number of rotatable bonds is 6. The number of carbonyl (C=O) groups excluding carboxylic acids is 1. The van der Waals surface area contributed by atoms with Gasteiger partial charge in [0.25, 0.3) is 0 Å². The lowest BCUT2D eigenvalue weighted by Crippen LogP contribution is -2.29. The minimum Gasteiger partial charge on any atom is -0.481 e. The molecule has 1 aromatic carbocycles. The van der Waals surface area contributed by atoms with Gasteiger partial charge in [0.2, 0.25) is 5.91 Å². The van der Waals surface area contributed by atoms with Crippen molar-refractivity contribution in [1.29, 1.82) is 0 Å². The molecule has 0 saturated heterocycles. The number of anilines is 2. The molecule has 0 aliphatic heterocycles. The quantitative estimate of drug-likeness (QED) is 0.320. The van der Waals surface area contributed by atoms with E-state index in [2.05, 4.69) is 0 Å². The Balaban J connectivity index is 3.23. The van der Waals surface area contributed by atoms with Crippen molar-refractivity contribution >= 4 is 97.0 Å². The molecular formula is C13H13I3N2O5. The molecule has 0 aliphatic carbocycles. The zero-order valence-corrected chi connectivity index (χ0v) is 18.4. The van der Waals surface area contributed by atoms with Gasteiger partial charge in [0, 0.05) is 19.9 Å². The van der Waals surface area contributed by atoms with Crippen molar-refractivity contribution in [3.8, 4) is 0 Å². The average molecular weight is 658 g/mol. The van der Waals surface area contributed by atoms with E-state index in [-0.39, 0.29) is 30.7 Å². The molecular weight excluding hydrogens is 645 g/mol. The highest BCUT2D eigenvalue weighted by atomic mass is 127. The smallest absolute Gasteiger partial charge is 0.338 e. The number of amides is 1. The van der Waals surface area contributed by atoms with E-state index in [0.29, 0.717) is 22.1 Å². The van der Waals surface area contributed by atoms with Gasteiger partial charge in [0.15, 0.2) is 0 Å². The van der Waals surface area contributed by atoms with Gasteiger partial charge in [0.1, 0.15) is 0 Å². The van der Waals surface area contributed by atoms with E-state index in [4.69, 9.17) is 10.8 Å². The van der Waals surface area contributed by atoms with Gasteiger partial charge < -0.3 is 20.8 Å². The summed E-state index contributed by atoms with van der Waals surface area (Å²) < 4.78 is 1.45. The fourth-order valence-corrected chi connectivity index (χ4v) is 6.19. The van der Waals surface area contributed by atoms with Crippen molar-refractivity contribution in [3.63, 3.8) is 0 Å². The molecule has 0 bridgehead atoms. The molecule has 0 fully saturated rings. The topological polar surface area (TPSA) is 121 Å². The Morgan fingerprint density at radius 2 is 1.61 bits per heavy atom. The molecule has 7 nitrogen and oxygen atoms in total. The number of halogens is 3. The first-order valence-electron chi connectivity index (χ1n) is 6.27. The molecule has 0 heterocycles. The standard InChI is InChI=1S/C13H13I3N2O5/c1-18(5(19)3-2-4-6(20)21)12-9(15)7(13(22)23)8(14)11(17)10(12)16/h2-4,17H2,1H3,(H,20,21)(H,22,23). The summed E-state index contributed by atoms with van der Waals surface area (Å²) in [6, 6.07) is 0. The van der Waals surface area contributed by atoms with Crippen molar-refractivity contribution in [2.45, 2.75) is 19.3 Å². The normalized spacial score (nSPS) is 10.4. The summed E-state index contributed by atoms with van der Waals surface area (Å²) in [4.78, 5) is 35.6. The zero-order chi connectivity index (χ0) is 17.9. The summed E-state index contributed by atoms with van der Waals surface area (Å²) >= 11 is 5.74. The maximum absolute atomic E-state index is 12.2. The second-order valence-corrected chi connectivity index (χ2v) is 7.82. The molecule has 1 aromatic rings. The molecule has 0 spiro atoms. The second kappa shape index (κ2) is 8.64. The third-order valence-electron chi connectivity index (χ3n) is 3.03. The first-order chi connectivity index (χ1) is 10.6. The van der Waals surface area contributed by atoms with E-state index in [1.165, 1.54) is 11.9 Å². The van der Waals surface area contributed by atoms with E-state index in [9.17, 15) is 19.5 Å². The van der Waals surface area contributed by atoms with Gasteiger partial charge in [-0.3, -0.25) is 9.59 Å². The lowest BCUT2D eigenvalue weighted by atomic mass is 10.1. The van der Waals surface area contributed by atoms with Crippen LogP contribution in [0.3, 0.4) is 0 Å². The van der Waals surface area contributed by atoms with Crippen LogP contribution in [-0.4, -0.2) is 35.1 Å². The summed E-state index contributed by atoms with van der Waals surface area (Å²) in [6.45, 7) is 0. The van der Waals surface area contributed by atoms with Crippen LogP contribution in [0.1, 0.15) is 29.6 Å². The van der Waals surface area contributed by atoms with Crippen molar-refractivity contribution in [2.75, 3.05) is 17.7 Å². The van der Waals surface area contributed by atoms with Crippen LogP contribution in [-0.2, 0) is 9.59 Å². The number of carbonyl (C=O) groups is 3. The first-order valence-corrected chi connectivity index (χ1v) is 9.50. The Bertz CT molecular complexity index is 678. The van der Waals surface area contributed by atoms with Gasteiger partial charge in [-0.05, 0) is 74.2 Å². The van der Waals surface area contributed by atoms with Gasteiger partial charge in [-0.25, -0.2) is 4.79 Å². The number of hydrogen-bond donors (Lipinski definition) is 3. The Kier molecular flexibility index (Phi) is 7.76. The molecule has 0 unspecified atom stereocenters. The lowest BCUT2D eigenvalue weighted by molar-refractivity contribution is -0.137. The summed E-state index contributed by atoms with van der Waals surface area (Å²) in [6.07, 6.45) is 0.184. The van der Waals surface area contributed by atoms with Crippen molar-refractivity contribution in [2.24, 2.45) is 0 Å². The summed E-state index contributed by atoms with van der Waals surface area (Å²) in [7, 11) is 1.53. The van der Waals surface area contributed by atoms with Crippen LogP contribution in [0.15, 0.2) is 0 Å². The van der Waals surface area contributed by atoms with Crippen LogP contribution in [0.2, 0.25) is 0 Å². The van der Waals surface area contributed by atoms with Gasteiger partial charge in [-0.1, -0.05) is 0 Å². The molecule has 0 saturated carbocycles. The Hall–Kier alpha value is -0.380. The molecule has 126 valence electrons. The fourth-order valence-electron chi connectivity index (χ4n) is 1.84. The number of nitrogens with zero attached hydrogens (tertiary/aromatic N) is 1. The lowest BCUT2D eigenvalue weighted by Gasteiger charge is -2.23. The van der Waals surface area contributed by atoms with E-state index in [1.54, 1.807) is 0 Å². The van der Waals surface area contributed by atoms with Crippen LogP contribution in [0, 0.1) is 10.7 Å². The molecule has 0 radical (unpaired) electrons. The molecule has 1 amide bonds. The Labute approximate surface area is 173 Å². The van der Waals surface area contributed by atoms with Crippen LogP contribution in [0.5, 0.6) is 0 Å². The van der Waals surface area contributed by atoms with Crippen LogP contribution < -0.4 is 10.6 Å². The van der Waals surface area contributed by atoms with Crippen LogP contribution >= 0.6 is 67.8 Å². The van der Waals surface area contributed by atoms with Crippen molar-refractivity contribution < 1.29 is 24.6 Å². The highest BCUT2D eigenvalue weighted by molar-refractivity contribution is 14.1. The molecule has 10 heteroatoms. The largest absolute Gasteiger partial charge is 0.481 e. The Morgan fingerprint density at radius 1 is 1.04 bits per heavy atom. The fraction of sp³-hybridized carbons (Fsp3) is 0.308. The minimum atomic E-state index is -1.12. The van der Waals surface area contributed by atoms with E-state index in [1.807, 2.05) is 67.8 Å². The first kappa shape index (κ1) is 20.7. The van der Waals surface area contributed by atoms with Crippen molar-refractivity contribution in [1.82, 2.24) is 0 Å². The Morgan fingerprint density at radius 3 is 2.09 bits per heavy atom. The van der Waals surface area contributed by atoms with E-state index < -0.39 is 11.9 Å². The van der Waals surface area contributed by atoms with E-state index in [0.717, 1.165) is 0 Å². The zero-order valence-electron chi connectivity index (χ0n) is 11.9. The highest BCUT2D eigenvalue weighted by Crippen LogP contribution is 2.39. The summed E-state index contributed by atoms with van der Waals surface area (Å²) in [5, 5.41) is 18.0. The molecule has 0 aromatic heterocycles. The predicted octanol–water partition coefficient (Wildman–Crippen LogP) is 3.00. The van der Waals surface area contributed by atoms with Gasteiger partial charge in [-0.15, -0.1) is 0 Å². The minimum absolute atomic E-state index is 0.0588. The third-order valence-corrected chi connectivity index (χ3v) is 6.30. The molecule has 4 N–H and O–H groups in total. The number of carboxylic acids is 2. The van der Waals surface area contributed by atoms with E-state index >= 15 is 0 Å². The van der Waals surface area contributed by atoms with Gasteiger partial charge in [0.05, 0.1) is 27.6 Å².